The molecule has 0 fully saturated rings. The van der Waals surface area contributed by atoms with Crippen molar-refractivity contribution in [3.63, 3.8) is 0 Å². The molecule has 5 heteroatoms. The van der Waals surface area contributed by atoms with Gasteiger partial charge < -0.3 is 0 Å². The molecule has 0 aliphatic rings. The van der Waals surface area contributed by atoms with Gasteiger partial charge in [0.2, 0.25) is 0 Å². The fourth-order valence-corrected chi connectivity index (χ4v) is 1.27. The highest BCUT2D eigenvalue weighted by Gasteiger charge is 2.08. The van der Waals surface area contributed by atoms with Gasteiger partial charge in [-0.25, -0.2) is 4.98 Å². The third-order valence-corrected chi connectivity index (χ3v) is 1.92. The summed E-state index contributed by atoms with van der Waals surface area (Å²) in [4.78, 5) is 18.9. The van der Waals surface area contributed by atoms with Gasteiger partial charge >= 0.3 is 0 Å². The van der Waals surface area contributed by atoms with E-state index >= 15 is 0 Å². The fraction of sp³-hybridized carbons (Fsp3) is 0.125. The number of nitrogens with zero attached hydrogens (tertiary/aromatic N) is 3. The summed E-state index contributed by atoms with van der Waals surface area (Å²) in [5.74, 6) is 0. The van der Waals surface area contributed by atoms with Gasteiger partial charge in [-0.05, 0) is 18.5 Å². The molecule has 0 aliphatic heterocycles. The van der Waals surface area contributed by atoms with E-state index < -0.39 is 5.24 Å². The molecule has 0 aliphatic carbocycles. The summed E-state index contributed by atoms with van der Waals surface area (Å²) in [7, 11) is 0. The van der Waals surface area contributed by atoms with E-state index in [1.165, 1.54) is 6.20 Å². The summed E-state index contributed by atoms with van der Waals surface area (Å²) in [5.41, 5.74) is 1.79. The van der Waals surface area contributed by atoms with Crippen LogP contribution in [0.5, 0.6) is 0 Å². The molecule has 0 N–H and O–H groups in total. The molecule has 0 atom stereocenters. The van der Waals surface area contributed by atoms with Gasteiger partial charge in [-0.15, -0.1) is 0 Å². The Balaban J connectivity index is 2.79. The lowest BCUT2D eigenvalue weighted by Crippen LogP contribution is -1.97. The van der Waals surface area contributed by atoms with E-state index in [9.17, 15) is 4.79 Å². The molecule has 13 heavy (non-hydrogen) atoms. The number of hydrogen-bond donors (Lipinski definition) is 0. The second-order valence-corrected chi connectivity index (χ2v) is 3.02. The molecule has 0 aromatic carbocycles. The maximum absolute atomic E-state index is 10.9. The highest BCUT2D eigenvalue weighted by molar-refractivity contribution is 6.67. The summed E-state index contributed by atoms with van der Waals surface area (Å²) in [6.45, 7) is 1.84. The minimum atomic E-state index is -0.516. The van der Waals surface area contributed by atoms with E-state index in [1.54, 1.807) is 16.8 Å². The first-order valence-corrected chi connectivity index (χ1v) is 4.06. The molecule has 4 nitrogen and oxygen atoms in total. The zero-order chi connectivity index (χ0) is 9.42. The average Bonchev–Trinajstić information content (AvgIpc) is 2.46. The number of carbonyl (C=O) groups excluding carboxylic acids is 1. The summed E-state index contributed by atoms with van der Waals surface area (Å²) in [6.07, 6.45) is 4.75. The van der Waals surface area contributed by atoms with Crippen LogP contribution in [0.15, 0.2) is 18.6 Å². The molecule has 0 saturated heterocycles. The predicted octanol–water partition coefficient (Wildman–Crippen LogP) is 1.42. The van der Waals surface area contributed by atoms with Gasteiger partial charge in [0.05, 0.1) is 18.1 Å². The maximum atomic E-state index is 10.9. The minimum absolute atomic E-state index is 0.363. The SMILES string of the molecule is Cc1cn2c(C(=O)Cl)cnc2cn1. The normalized spacial score (nSPS) is 10.6. The van der Waals surface area contributed by atoms with E-state index in [2.05, 4.69) is 9.97 Å². The van der Waals surface area contributed by atoms with Crippen molar-refractivity contribution in [2.75, 3.05) is 0 Å². The standard InChI is InChI=1S/C8H6ClN3O/c1-5-4-12-6(8(9)13)2-11-7(12)3-10-5/h2-4H,1H3. The minimum Gasteiger partial charge on any atom is -0.293 e. The maximum Gasteiger partial charge on any atom is 0.270 e. The van der Waals surface area contributed by atoms with Crippen LogP contribution < -0.4 is 0 Å². The van der Waals surface area contributed by atoms with Crippen molar-refractivity contribution in [2.24, 2.45) is 0 Å². The van der Waals surface area contributed by atoms with Crippen LogP contribution in [-0.4, -0.2) is 19.6 Å². The van der Waals surface area contributed by atoms with Gasteiger partial charge in [-0.1, -0.05) is 0 Å². The van der Waals surface area contributed by atoms with Crippen molar-refractivity contribution in [2.45, 2.75) is 6.92 Å². The molecule has 0 radical (unpaired) electrons. The summed E-state index contributed by atoms with van der Waals surface area (Å²) in [6, 6.07) is 0. The number of aromatic nitrogens is 3. The topological polar surface area (TPSA) is 47.3 Å². The number of halogens is 1. The van der Waals surface area contributed by atoms with Crippen molar-refractivity contribution >= 4 is 22.5 Å². The van der Waals surface area contributed by atoms with Gasteiger partial charge in [0.1, 0.15) is 5.69 Å². The molecule has 0 bridgehead atoms. The monoisotopic (exact) mass is 195 g/mol. The number of aryl methyl sites for hydroxylation is 1. The third kappa shape index (κ3) is 1.29. The second kappa shape index (κ2) is 2.81. The van der Waals surface area contributed by atoms with Gasteiger partial charge in [0.15, 0.2) is 5.65 Å². The van der Waals surface area contributed by atoms with Crippen LogP contribution in [0.25, 0.3) is 5.65 Å². The lowest BCUT2D eigenvalue weighted by Gasteiger charge is -1.96. The van der Waals surface area contributed by atoms with E-state index in [1.807, 2.05) is 6.92 Å². The highest BCUT2D eigenvalue weighted by atomic mass is 35.5. The molecular weight excluding hydrogens is 190 g/mol. The molecule has 0 saturated carbocycles. The predicted molar refractivity (Wildman–Crippen MR) is 47.9 cm³/mol. The zero-order valence-electron chi connectivity index (χ0n) is 6.86. The van der Waals surface area contributed by atoms with Crippen molar-refractivity contribution in [1.29, 1.82) is 0 Å². The van der Waals surface area contributed by atoms with E-state index in [0.717, 1.165) is 5.69 Å². The van der Waals surface area contributed by atoms with Crippen molar-refractivity contribution in [3.05, 3.63) is 30.0 Å². The smallest absolute Gasteiger partial charge is 0.270 e. The van der Waals surface area contributed by atoms with Crippen LogP contribution >= 0.6 is 11.6 Å². The molecule has 66 valence electrons. The van der Waals surface area contributed by atoms with Crippen molar-refractivity contribution in [1.82, 2.24) is 14.4 Å². The second-order valence-electron chi connectivity index (χ2n) is 2.67. The third-order valence-electron chi connectivity index (χ3n) is 1.73. The van der Waals surface area contributed by atoms with E-state index in [4.69, 9.17) is 11.6 Å². The Bertz CT molecular complexity index is 477. The van der Waals surface area contributed by atoms with Crippen LogP contribution in [0.2, 0.25) is 0 Å². The van der Waals surface area contributed by atoms with Crippen LogP contribution in [0.4, 0.5) is 0 Å². The molecule has 2 aromatic heterocycles. The van der Waals surface area contributed by atoms with Gasteiger partial charge in [-0.2, -0.15) is 0 Å². The molecule has 0 spiro atoms. The van der Waals surface area contributed by atoms with Crippen LogP contribution in [0, 0.1) is 6.92 Å². The zero-order valence-corrected chi connectivity index (χ0v) is 7.62. The Morgan fingerprint density at radius 3 is 2.92 bits per heavy atom. The van der Waals surface area contributed by atoms with Gasteiger partial charge in [0.25, 0.3) is 5.24 Å². The van der Waals surface area contributed by atoms with Crippen molar-refractivity contribution in [3.8, 4) is 0 Å². The lowest BCUT2D eigenvalue weighted by atomic mass is 10.5. The number of fused-ring (bicyclic) bond motifs is 1. The number of carbonyl (C=O) groups is 1. The number of imidazole rings is 1. The molecule has 0 amide bonds. The lowest BCUT2D eigenvalue weighted by molar-refractivity contribution is 0.107. The number of hydrogen-bond acceptors (Lipinski definition) is 3. The molecule has 2 aromatic rings. The Morgan fingerprint density at radius 1 is 1.46 bits per heavy atom. The van der Waals surface area contributed by atoms with Crippen LogP contribution in [0.3, 0.4) is 0 Å². The first kappa shape index (κ1) is 8.19. The molecule has 2 rings (SSSR count). The first-order chi connectivity index (χ1) is 6.18. The largest absolute Gasteiger partial charge is 0.293 e. The molecule has 2 heterocycles. The Morgan fingerprint density at radius 2 is 2.23 bits per heavy atom. The van der Waals surface area contributed by atoms with Gasteiger partial charge in [0, 0.05) is 6.20 Å². The summed E-state index contributed by atoms with van der Waals surface area (Å²) >= 11 is 5.36. The summed E-state index contributed by atoms with van der Waals surface area (Å²) in [5, 5.41) is -0.516. The average molecular weight is 196 g/mol. The Hall–Kier alpha value is -1.42. The quantitative estimate of drug-likeness (QED) is 0.647. The van der Waals surface area contributed by atoms with E-state index in [0.29, 0.717) is 11.3 Å². The highest BCUT2D eigenvalue weighted by Crippen LogP contribution is 2.08. The van der Waals surface area contributed by atoms with Gasteiger partial charge in [-0.3, -0.25) is 14.2 Å². The molecule has 0 unspecified atom stereocenters. The van der Waals surface area contributed by atoms with Crippen molar-refractivity contribution < 1.29 is 4.79 Å². The Kier molecular flexibility index (Phi) is 1.77. The Labute approximate surface area is 79.2 Å². The van der Waals surface area contributed by atoms with Crippen LogP contribution in [0.1, 0.15) is 16.2 Å². The summed E-state index contributed by atoms with van der Waals surface area (Å²) < 4.78 is 1.62. The first-order valence-electron chi connectivity index (χ1n) is 3.68. The van der Waals surface area contributed by atoms with Crippen LogP contribution in [-0.2, 0) is 0 Å². The molecular formula is C8H6ClN3O. The fourth-order valence-electron chi connectivity index (χ4n) is 1.13. The number of rotatable bonds is 1. The van der Waals surface area contributed by atoms with E-state index in [-0.39, 0.29) is 0 Å².